The molecule has 3 nitrogen and oxygen atoms in total. The number of aliphatic hydroxyl groups is 1. The highest BCUT2D eigenvalue weighted by atomic mass is 19.1. The molecule has 0 unspecified atom stereocenters. The Morgan fingerprint density at radius 1 is 1.67 bits per heavy atom. The summed E-state index contributed by atoms with van der Waals surface area (Å²) in [4.78, 5) is 3.39. The standard InChI is InChI=1S/C8H10FNO2/c1-2-12-7-3-4-10-8(9)6(7)5-11/h3-4,11H,2,5H2,1H3. The topological polar surface area (TPSA) is 42.4 Å². The molecule has 0 radical (unpaired) electrons. The number of rotatable bonds is 3. The number of pyridine rings is 1. The molecule has 0 aliphatic heterocycles. The van der Waals surface area contributed by atoms with E-state index in [1.807, 2.05) is 0 Å². The monoisotopic (exact) mass is 171 g/mol. The van der Waals surface area contributed by atoms with Gasteiger partial charge in [0.2, 0.25) is 5.95 Å². The van der Waals surface area contributed by atoms with E-state index >= 15 is 0 Å². The van der Waals surface area contributed by atoms with E-state index in [0.717, 1.165) is 0 Å². The van der Waals surface area contributed by atoms with Crippen LogP contribution in [0.5, 0.6) is 5.75 Å². The first-order valence-corrected chi connectivity index (χ1v) is 3.66. The lowest BCUT2D eigenvalue weighted by Gasteiger charge is -2.07. The number of hydrogen-bond acceptors (Lipinski definition) is 3. The predicted molar refractivity (Wildman–Crippen MR) is 41.3 cm³/mol. The molecule has 66 valence electrons. The molecule has 0 atom stereocenters. The van der Waals surface area contributed by atoms with Gasteiger partial charge >= 0.3 is 0 Å². The molecule has 0 aromatic carbocycles. The van der Waals surface area contributed by atoms with Gasteiger partial charge in [0.25, 0.3) is 0 Å². The highest BCUT2D eigenvalue weighted by Gasteiger charge is 2.08. The highest BCUT2D eigenvalue weighted by molar-refractivity contribution is 5.30. The molecule has 0 saturated carbocycles. The van der Waals surface area contributed by atoms with Crippen molar-refractivity contribution in [2.45, 2.75) is 13.5 Å². The van der Waals surface area contributed by atoms with E-state index in [1.165, 1.54) is 12.3 Å². The summed E-state index contributed by atoms with van der Waals surface area (Å²) in [5.41, 5.74) is 0.111. The van der Waals surface area contributed by atoms with Crippen LogP contribution in [0, 0.1) is 5.95 Å². The zero-order chi connectivity index (χ0) is 8.97. The van der Waals surface area contributed by atoms with E-state index in [1.54, 1.807) is 6.92 Å². The van der Waals surface area contributed by atoms with Crippen LogP contribution in [0.2, 0.25) is 0 Å². The third-order valence-corrected chi connectivity index (χ3v) is 1.42. The van der Waals surface area contributed by atoms with Gasteiger partial charge in [0.15, 0.2) is 0 Å². The Morgan fingerprint density at radius 2 is 2.42 bits per heavy atom. The summed E-state index contributed by atoms with van der Waals surface area (Å²) < 4.78 is 17.9. The van der Waals surface area contributed by atoms with Crippen molar-refractivity contribution in [2.24, 2.45) is 0 Å². The average molecular weight is 171 g/mol. The van der Waals surface area contributed by atoms with Crippen molar-refractivity contribution < 1.29 is 14.2 Å². The molecule has 1 aromatic rings. The molecule has 0 fully saturated rings. The summed E-state index contributed by atoms with van der Waals surface area (Å²) in [6, 6.07) is 1.53. The highest BCUT2D eigenvalue weighted by Crippen LogP contribution is 2.19. The van der Waals surface area contributed by atoms with E-state index in [2.05, 4.69) is 4.98 Å². The van der Waals surface area contributed by atoms with Gasteiger partial charge in [-0.25, -0.2) is 4.98 Å². The Bertz CT molecular complexity index is 265. The second-order valence-electron chi connectivity index (χ2n) is 2.17. The summed E-state index contributed by atoms with van der Waals surface area (Å²) in [7, 11) is 0. The third kappa shape index (κ3) is 1.71. The lowest BCUT2D eigenvalue weighted by molar-refractivity contribution is 0.258. The summed E-state index contributed by atoms with van der Waals surface area (Å²) in [6.45, 7) is 1.84. The van der Waals surface area contributed by atoms with Crippen molar-refractivity contribution in [1.29, 1.82) is 0 Å². The third-order valence-electron chi connectivity index (χ3n) is 1.42. The first kappa shape index (κ1) is 8.93. The molecule has 1 heterocycles. The number of aliphatic hydroxyl groups excluding tert-OH is 1. The van der Waals surface area contributed by atoms with Gasteiger partial charge < -0.3 is 9.84 Å². The lowest BCUT2D eigenvalue weighted by Crippen LogP contribution is -2.00. The number of nitrogens with zero attached hydrogens (tertiary/aromatic N) is 1. The van der Waals surface area contributed by atoms with E-state index in [4.69, 9.17) is 9.84 Å². The maximum atomic E-state index is 12.8. The van der Waals surface area contributed by atoms with Crippen molar-refractivity contribution in [1.82, 2.24) is 4.98 Å². The van der Waals surface area contributed by atoms with Gasteiger partial charge in [-0.3, -0.25) is 0 Å². The van der Waals surface area contributed by atoms with Gasteiger partial charge in [-0.15, -0.1) is 0 Å². The molecule has 0 bridgehead atoms. The van der Waals surface area contributed by atoms with E-state index < -0.39 is 12.6 Å². The molecule has 1 N–H and O–H groups in total. The van der Waals surface area contributed by atoms with Crippen molar-refractivity contribution in [2.75, 3.05) is 6.61 Å². The van der Waals surface area contributed by atoms with Crippen LogP contribution in [-0.2, 0) is 6.61 Å². The van der Waals surface area contributed by atoms with Crippen LogP contribution in [0.4, 0.5) is 4.39 Å². The van der Waals surface area contributed by atoms with Crippen LogP contribution in [0.3, 0.4) is 0 Å². The fraction of sp³-hybridized carbons (Fsp3) is 0.375. The zero-order valence-electron chi connectivity index (χ0n) is 6.75. The Balaban J connectivity index is 3.00. The summed E-state index contributed by atoms with van der Waals surface area (Å²) in [5, 5.41) is 8.77. The Morgan fingerprint density at radius 3 is 3.00 bits per heavy atom. The average Bonchev–Trinajstić information content (AvgIpc) is 2.05. The quantitative estimate of drug-likeness (QED) is 0.693. The Hall–Kier alpha value is -1.16. The number of hydrogen-bond donors (Lipinski definition) is 1. The maximum Gasteiger partial charge on any atom is 0.222 e. The Labute approximate surface area is 69.8 Å². The van der Waals surface area contributed by atoms with Gasteiger partial charge in [-0.2, -0.15) is 4.39 Å². The van der Waals surface area contributed by atoms with Gasteiger partial charge in [0, 0.05) is 6.20 Å². The molecule has 12 heavy (non-hydrogen) atoms. The SMILES string of the molecule is CCOc1ccnc(F)c1CO. The molecule has 1 rings (SSSR count). The number of ether oxygens (including phenoxy) is 1. The first-order valence-electron chi connectivity index (χ1n) is 3.66. The van der Waals surface area contributed by atoms with E-state index in [0.29, 0.717) is 12.4 Å². The fourth-order valence-electron chi connectivity index (χ4n) is 0.884. The zero-order valence-corrected chi connectivity index (χ0v) is 6.75. The van der Waals surface area contributed by atoms with Crippen LogP contribution in [0.15, 0.2) is 12.3 Å². The van der Waals surface area contributed by atoms with Gasteiger partial charge in [0.05, 0.1) is 18.8 Å². The first-order chi connectivity index (χ1) is 5.79. The molecular formula is C8H10FNO2. The summed E-state index contributed by atoms with van der Waals surface area (Å²) in [5.74, 6) is -0.323. The Kier molecular flexibility index (Phi) is 2.99. The van der Waals surface area contributed by atoms with Crippen molar-refractivity contribution in [3.05, 3.63) is 23.8 Å². The summed E-state index contributed by atoms with van der Waals surface area (Å²) >= 11 is 0. The van der Waals surface area contributed by atoms with Crippen LogP contribution in [0.25, 0.3) is 0 Å². The van der Waals surface area contributed by atoms with Crippen molar-refractivity contribution in [3.63, 3.8) is 0 Å². The minimum atomic E-state index is -0.677. The van der Waals surface area contributed by atoms with Crippen molar-refractivity contribution in [3.8, 4) is 5.75 Å². The molecule has 0 amide bonds. The minimum absolute atomic E-state index is 0.111. The summed E-state index contributed by atoms with van der Waals surface area (Å²) in [6.07, 6.45) is 1.31. The number of halogens is 1. The lowest BCUT2D eigenvalue weighted by atomic mass is 10.2. The molecule has 1 aromatic heterocycles. The van der Waals surface area contributed by atoms with Gasteiger partial charge in [0.1, 0.15) is 5.75 Å². The van der Waals surface area contributed by atoms with Gasteiger partial charge in [-0.1, -0.05) is 0 Å². The molecular weight excluding hydrogens is 161 g/mol. The van der Waals surface area contributed by atoms with Crippen molar-refractivity contribution >= 4 is 0 Å². The number of aromatic nitrogens is 1. The predicted octanol–water partition coefficient (Wildman–Crippen LogP) is 1.11. The van der Waals surface area contributed by atoms with E-state index in [9.17, 15) is 4.39 Å². The van der Waals surface area contributed by atoms with E-state index in [-0.39, 0.29) is 5.56 Å². The smallest absolute Gasteiger partial charge is 0.222 e. The molecule has 0 saturated heterocycles. The molecule has 0 aliphatic carbocycles. The van der Waals surface area contributed by atoms with Crippen LogP contribution in [0.1, 0.15) is 12.5 Å². The minimum Gasteiger partial charge on any atom is -0.493 e. The fourth-order valence-corrected chi connectivity index (χ4v) is 0.884. The molecule has 0 aliphatic rings. The second kappa shape index (κ2) is 4.01. The second-order valence-corrected chi connectivity index (χ2v) is 2.17. The largest absolute Gasteiger partial charge is 0.493 e. The van der Waals surface area contributed by atoms with Crippen LogP contribution in [-0.4, -0.2) is 16.7 Å². The maximum absolute atomic E-state index is 12.8. The normalized spacial score (nSPS) is 9.92. The van der Waals surface area contributed by atoms with Crippen LogP contribution < -0.4 is 4.74 Å². The van der Waals surface area contributed by atoms with Gasteiger partial charge in [-0.05, 0) is 13.0 Å². The van der Waals surface area contributed by atoms with Crippen LogP contribution >= 0.6 is 0 Å². The molecule has 4 heteroatoms. The molecule has 0 spiro atoms.